The van der Waals surface area contributed by atoms with E-state index in [9.17, 15) is 0 Å². The Balaban J connectivity index is 2.65. The highest BCUT2D eigenvalue weighted by atomic mass is 79.9. The predicted molar refractivity (Wildman–Crippen MR) is 38.5 cm³/mol. The lowest BCUT2D eigenvalue weighted by molar-refractivity contribution is 0.936. The van der Waals surface area contributed by atoms with Gasteiger partial charge < -0.3 is 5.73 Å². The molecule has 0 fully saturated rings. The number of hydrogen-bond acceptors (Lipinski definition) is 1. The average molecular weight is 174 g/mol. The third-order valence-corrected chi connectivity index (χ3v) is 1.79. The van der Waals surface area contributed by atoms with Crippen LogP contribution in [-0.4, -0.2) is 0 Å². The summed E-state index contributed by atoms with van der Waals surface area (Å²) in [4.78, 5) is 0. The van der Waals surface area contributed by atoms with Gasteiger partial charge in [-0.2, -0.15) is 0 Å². The summed E-state index contributed by atoms with van der Waals surface area (Å²) in [6.45, 7) is 0. The van der Waals surface area contributed by atoms with Crippen LogP contribution in [0.4, 0.5) is 0 Å². The van der Waals surface area contributed by atoms with Gasteiger partial charge in [-0.1, -0.05) is 22.0 Å². The molecular formula is C6H8BrN. The first-order valence-corrected chi connectivity index (χ1v) is 3.39. The maximum absolute atomic E-state index is 5.49. The van der Waals surface area contributed by atoms with Crippen molar-refractivity contribution >= 4 is 15.9 Å². The minimum absolute atomic E-state index is 0.980. The minimum Gasteiger partial charge on any atom is -0.402 e. The van der Waals surface area contributed by atoms with Crippen LogP contribution in [0.3, 0.4) is 0 Å². The zero-order chi connectivity index (χ0) is 5.98. The summed E-state index contributed by atoms with van der Waals surface area (Å²) in [5.41, 5.74) is 6.47. The van der Waals surface area contributed by atoms with Crippen LogP contribution in [0.2, 0.25) is 0 Å². The second-order valence-electron chi connectivity index (χ2n) is 1.86. The van der Waals surface area contributed by atoms with Gasteiger partial charge in [0.25, 0.3) is 0 Å². The molecule has 1 nitrogen and oxygen atoms in total. The van der Waals surface area contributed by atoms with Gasteiger partial charge in [0.1, 0.15) is 0 Å². The molecule has 2 N–H and O–H groups in total. The monoisotopic (exact) mass is 173 g/mol. The Kier molecular flexibility index (Phi) is 1.73. The minimum atomic E-state index is 0.980. The van der Waals surface area contributed by atoms with E-state index in [0.29, 0.717) is 0 Å². The molecule has 0 atom stereocenters. The molecule has 0 saturated carbocycles. The van der Waals surface area contributed by atoms with Crippen LogP contribution in [0.1, 0.15) is 12.8 Å². The topological polar surface area (TPSA) is 26.0 Å². The van der Waals surface area contributed by atoms with E-state index in [0.717, 1.165) is 18.5 Å². The Hall–Kier alpha value is -0.240. The summed E-state index contributed by atoms with van der Waals surface area (Å²) >= 11 is 3.38. The molecule has 0 aromatic rings. The summed E-state index contributed by atoms with van der Waals surface area (Å²) in [6.07, 6.45) is 5.99. The molecule has 0 saturated heterocycles. The normalized spacial score (nSPS) is 19.6. The van der Waals surface area contributed by atoms with E-state index in [1.165, 1.54) is 4.48 Å². The standard InChI is InChI=1S/C6H8BrN/c7-5-1-3-6(8)4-2-5/h1,3H,2,4,8H2. The predicted octanol–water partition coefficient (Wildman–Crippen LogP) is 1.90. The smallest absolute Gasteiger partial charge is 0.00842 e. The van der Waals surface area contributed by atoms with Gasteiger partial charge in [-0.3, -0.25) is 0 Å². The molecule has 0 aromatic carbocycles. The maximum atomic E-state index is 5.49. The van der Waals surface area contributed by atoms with Crippen LogP contribution >= 0.6 is 15.9 Å². The summed E-state index contributed by atoms with van der Waals surface area (Å²) in [5, 5.41) is 0. The molecule has 0 radical (unpaired) electrons. The molecule has 0 amide bonds. The molecule has 2 heteroatoms. The van der Waals surface area contributed by atoms with Gasteiger partial charge >= 0.3 is 0 Å². The van der Waals surface area contributed by atoms with Crippen LogP contribution in [0.25, 0.3) is 0 Å². The Bertz CT molecular complexity index is 129. The van der Waals surface area contributed by atoms with E-state index in [1.807, 2.05) is 12.2 Å². The average Bonchev–Trinajstić information content (AvgIpc) is 1.77. The van der Waals surface area contributed by atoms with Crippen molar-refractivity contribution in [1.29, 1.82) is 0 Å². The van der Waals surface area contributed by atoms with Gasteiger partial charge in [0, 0.05) is 5.70 Å². The Morgan fingerprint density at radius 3 is 2.50 bits per heavy atom. The summed E-state index contributed by atoms with van der Waals surface area (Å²) in [5.74, 6) is 0. The molecule has 0 unspecified atom stereocenters. The van der Waals surface area contributed by atoms with Crippen LogP contribution in [0.15, 0.2) is 22.3 Å². The van der Waals surface area contributed by atoms with Gasteiger partial charge in [-0.05, 0) is 23.4 Å². The van der Waals surface area contributed by atoms with Gasteiger partial charge in [-0.15, -0.1) is 0 Å². The zero-order valence-electron chi connectivity index (χ0n) is 4.52. The van der Waals surface area contributed by atoms with Crippen molar-refractivity contribution in [2.75, 3.05) is 0 Å². The van der Waals surface area contributed by atoms with Crippen molar-refractivity contribution in [2.24, 2.45) is 5.73 Å². The lowest BCUT2D eigenvalue weighted by Crippen LogP contribution is -1.98. The lowest BCUT2D eigenvalue weighted by Gasteiger charge is -2.04. The van der Waals surface area contributed by atoms with E-state index in [4.69, 9.17) is 5.73 Å². The largest absolute Gasteiger partial charge is 0.402 e. The quantitative estimate of drug-likeness (QED) is 0.596. The van der Waals surface area contributed by atoms with Crippen molar-refractivity contribution in [1.82, 2.24) is 0 Å². The zero-order valence-corrected chi connectivity index (χ0v) is 6.11. The second kappa shape index (κ2) is 2.35. The maximum Gasteiger partial charge on any atom is 0.00842 e. The number of hydrogen-bond donors (Lipinski definition) is 1. The fourth-order valence-electron chi connectivity index (χ4n) is 0.628. The third kappa shape index (κ3) is 1.37. The van der Waals surface area contributed by atoms with Gasteiger partial charge in [0.15, 0.2) is 0 Å². The van der Waals surface area contributed by atoms with E-state index < -0.39 is 0 Å². The molecule has 1 rings (SSSR count). The molecule has 0 aliphatic heterocycles. The van der Waals surface area contributed by atoms with E-state index in [-0.39, 0.29) is 0 Å². The van der Waals surface area contributed by atoms with E-state index in [2.05, 4.69) is 15.9 Å². The molecule has 1 aliphatic carbocycles. The Morgan fingerprint density at radius 2 is 2.12 bits per heavy atom. The molecule has 0 bridgehead atoms. The van der Waals surface area contributed by atoms with Crippen LogP contribution in [0, 0.1) is 0 Å². The number of allylic oxidation sites excluding steroid dienone is 4. The Morgan fingerprint density at radius 1 is 1.38 bits per heavy atom. The van der Waals surface area contributed by atoms with Gasteiger partial charge in [-0.25, -0.2) is 0 Å². The highest BCUT2D eigenvalue weighted by molar-refractivity contribution is 9.11. The van der Waals surface area contributed by atoms with Crippen LogP contribution in [0.5, 0.6) is 0 Å². The molecule has 0 heterocycles. The highest BCUT2D eigenvalue weighted by Gasteiger charge is 1.97. The first-order valence-electron chi connectivity index (χ1n) is 2.60. The van der Waals surface area contributed by atoms with Crippen molar-refractivity contribution in [2.45, 2.75) is 12.8 Å². The first-order chi connectivity index (χ1) is 3.79. The van der Waals surface area contributed by atoms with Crippen molar-refractivity contribution in [3.05, 3.63) is 22.3 Å². The third-order valence-electron chi connectivity index (χ3n) is 1.13. The summed E-state index contributed by atoms with van der Waals surface area (Å²) < 4.78 is 1.24. The number of halogens is 1. The number of rotatable bonds is 0. The molecule has 0 aromatic heterocycles. The van der Waals surface area contributed by atoms with Crippen LogP contribution < -0.4 is 5.73 Å². The fourth-order valence-corrected chi connectivity index (χ4v) is 0.958. The molecule has 1 aliphatic rings. The number of nitrogens with two attached hydrogens (primary N) is 1. The SMILES string of the molecule is NC1=CC=C(Br)CC1. The van der Waals surface area contributed by atoms with Crippen molar-refractivity contribution in [3.63, 3.8) is 0 Å². The second-order valence-corrected chi connectivity index (χ2v) is 2.87. The Labute approximate surface area is 57.4 Å². The van der Waals surface area contributed by atoms with Gasteiger partial charge in [0.2, 0.25) is 0 Å². The van der Waals surface area contributed by atoms with E-state index >= 15 is 0 Å². The highest BCUT2D eigenvalue weighted by Crippen LogP contribution is 2.19. The van der Waals surface area contributed by atoms with Crippen LogP contribution in [-0.2, 0) is 0 Å². The lowest BCUT2D eigenvalue weighted by atomic mass is 10.1. The fraction of sp³-hybridized carbons (Fsp3) is 0.333. The molecule has 0 spiro atoms. The summed E-state index contributed by atoms with van der Waals surface area (Å²) in [7, 11) is 0. The molecular weight excluding hydrogens is 166 g/mol. The summed E-state index contributed by atoms with van der Waals surface area (Å²) in [6, 6.07) is 0. The van der Waals surface area contributed by atoms with Gasteiger partial charge in [0.05, 0.1) is 0 Å². The van der Waals surface area contributed by atoms with Crippen molar-refractivity contribution < 1.29 is 0 Å². The van der Waals surface area contributed by atoms with E-state index in [1.54, 1.807) is 0 Å². The first kappa shape index (κ1) is 5.89. The molecule has 44 valence electrons. The van der Waals surface area contributed by atoms with Crippen molar-refractivity contribution in [3.8, 4) is 0 Å². The molecule has 8 heavy (non-hydrogen) atoms.